The molecule has 0 aliphatic carbocycles. The normalized spacial score (nSPS) is 12.3. The van der Waals surface area contributed by atoms with E-state index in [4.69, 9.17) is 0 Å². The van der Waals surface area contributed by atoms with Gasteiger partial charge in [-0.05, 0) is 29.5 Å². The Balaban J connectivity index is 2.20. The number of carbonyl (C=O) groups excluding carboxylic acids is 1. The Hall–Kier alpha value is -0.520. The van der Waals surface area contributed by atoms with Gasteiger partial charge in [-0.1, -0.05) is 23.8 Å². The maximum Gasteiger partial charge on any atom is 0.125 e. The summed E-state index contributed by atoms with van der Waals surface area (Å²) in [6.07, 6.45) is 2.80. The second kappa shape index (κ2) is 8.61. The lowest BCUT2D eigenvalue weighted by atomic mass is 10.2. The molecule has 0 saturated heterocycles. The first kappa shape index (κ1) is 13.5. The molecule has 16 heavy (non-hydrogen) atoms. The predicted octanol–water partition coefficient (Wildman–Crippen LogP) is 2.25. The first-order chi connectivity index (χ1) is 7.86. The second-order valence-corrected chi connectivity index (χ2v) is 5.60. The molecule has 0 radical (unpaired) electrons. The van der Waals surface area contributed by atoms with Crippen molar-refractivity contribution in [2.24, 2.45) is 5.92 Å². The first-order valence-corrected chi connectivity index (χ1v) is 7.55. The summed E-state index contributed by atoms with van der Waals surface area (Å²) in [4.78, 5) is 15.0. The molecule has 88 valence electrons. The highest BCUT2D eigenvalue weighted by atomic mass is 33.1. The van der Waals surface area contributed by atoms with Crippen LogP contribution in [0.15, 0.2) is 29.4 Å². The molecule has 1 N–H and O–H groups in total. The van der Waals surface area contributed by atoms with Crippen LogP contribution in [0.2, 0.25) is 0 Å². The van der Waals surface area contributed by atoms with Crippen molar-refractivity contribution in [3.63, 3.8) is 0 Å². The van der Waals surface area contributed by atoms with Crippen molar-refractivity contribution < 1.29 is 4.79 Å². The molecule has 0 fully saturated rings. The highest BCUT2D eigenvalue weighted by molar-refractivity contribution is 8.76. The molecule has 1 aromatic rings. The number of hydrogen-bond donors (Lipinski definition) is 1. The SMILES string of the molecule is CCNCC(C=O)CSSc1ccccn1. The van der Waals surface area contributed by atoms with E-state index in [9.17, 15) is 4.79 Å². The molecule has 0 spiro atoms. The molecule has 1 heterocycles. The molecule has 0 amide bonds. The summed E-state index contributed by atoms with van der Waals surface area (Å²) in [5.41, 5.74) is 0. The molecule has 0 aliphatic rings. The largest absolute Gasteiger partial charge is 0.316 e. The third kappa shape index (κ3) is 5.53. The quantitative estimate of drug-likeness (QED) is 0.571. The van der Waals surface area contributed by atoms with Crippen molar-refractivity contribution in [2.45, 2.75) is 11.9 Å². The third-order valence-electron chi connectivity index (χ3n) is 1.91. The minimum Gasteiger partial charge on any atom is -0.316 e. The van der Waals surface area contributed by atoms with Gasteiger partial charge in [0.15, 0.2) is 0 Å². The van der Waals surface area contributed by atoms with E-state index in [0.717, 1.165) is 30.2 Å². The van der Waals surface area contributed by atoms with Crippen molar-refractivity contribution >= 4 is 27.9 Å². The number of hydrogen-bond acceptors (Lipinski definition) is 5. The van der Waals surface area contributed by atoms with E-state index >= 15 is 0 Å². The summed E-state index contributed by atoms with van der Waals surface area (Å²) in [6, 6.07) is 5.83. The van der Waals surface area contributed by atoms with Gasteiger partial charge in [0.25, 0.3) is 0 Å². The van der Waals surface area contributed by atoms with Gasteiger partial charge in [0.2, 0.25) is 0 Å². The van der Waals surface area contributed by atoms with Gasteiger partial charge in [0.1, 0.15) is 11.3 Å². The van der Waals surface area contributed by atoms with E-state index in [1.807, 2.05) is 25.1 Å². The Labute approximate surface area is 104 Å². The number of nitrogens with one attached hydrogen (secondary N) is 1. The van der Waals surface area contributed by atoms with Gasteiger partial charge in [-0.2, -0.15) is 0 Å². The maximum absolute atomic E-state index is 10.8. The van der Waals surface area contributed by atoms with Crippen molar-refractivity contribution in [3.8, 4) is 0 Å². The maximum atomic E-state index is 10.8. The summed E-state index contributed by atoms with van der Waals surface area (Å²) in [5, 5.41) is 4.17. The molecule has 0 saturated carbocycles. The summed E-state index contributed by atoms with van der Waals surface area (Å²) in [6.45, 7) is 3.70. The highest BCUT2D eigenvalue weighted by Gasteiger charge is 2.07. The lowest BCUT2D eigenvalue weighted by molar-refractivity contribution is -0.110. The minimum atomic E-state index is 0.0844. The van der Waals surface area contributed by atoms with Gasteiger partial charge in [-0.3, -0.25) is 0 Å². The molecule has 0 bridgehead atoms. The molecular weight excluding hydrogens is 240 g/mol. The van der Waals surface area contributed by atoms with E-state index in [2.05, 4.69) is 10.3 Å². The number of carbonyl (C=O) groups is 1. The number of aldehydes is 1. The van der Waals surface area contributed by atoms with Crippen LogP contribution in [-0.4, -0.2) is 30.1 Å². The van der Waals surface area contributed by atoms with E-state index in [0.29, 0.717) is 0 Å². The van der Waals surface area contributed by atoms with Crippen molar-refractivity contribution in [3.05, 3.63) is 24.4 Å². The topological polar surface area (TPSA) is 42.0 Å². The van der Waals surface area contributed by atoms with Crippen LogP contribution in [-0.2, 0) is 4.79 Å². The zero-order chi connectivity index (χ0) is 11.6. The van der Waals surface area contributed by atoms with E-state index in [1.54, 1.807) is 27.8 Å². The third-order valence-corrected chi connectivity index (χ3v) is 4.28. The number of pyridine rings is 1. The van der Waals surface area contributed by atoms with Gasteiger partial charge in [0, 0.05) is 24.4 Å². The average Bonchev–Trinajstić information content (AvgIpc) is 2.35. The lowest BCUT2D eigenvalue weighted by Crippen LogP contribution is -2.24. The molecule has 5 heteroatoms. The first-order valence-electron chi connectivity index (χ1n) is 5.23. The molecule has 0 aromatic carbocycles. The monoisotopic (exact) mass is 256 g/mol. The van der Waals surface area contributed by atoms with Crippen LogP contribution >= 0.6 is 21.6 Å². The Morgan fingerprint density at radius 1 is 1.56 bits per heavy atom. The predicted molar refractivity (Wildman–Crippen MR) is 70.6 cm³/mol. The van der Waals surface area contributed by atoms with Gasteiger partial charge < -0.3 is 10.1 Å². The zero-order valence-corrected chi connectivity index (χ0v) is 10.9. The molecule has 0 aliphatic heterocycles. The minimum absolute atomic E-state index is 0.0844. The Bertz CT molecular complexity index is 295. The fourth-order valence-corrected chi connectivity index (χ4v) is 3.24. The van der Waals surface area contributed by atoms with Crippen LogP contribution in [0.25, 0.3) is 0 Å². The summed E-state index contributed by atoms with van der Waals surface area (Å²) >= 11 is 0. The number of nitrogens with zero attached hydrogens (tertiary/aromatic N) is 1. The summed E-state index contributed by atoms with van der Waals surface area (Å²) in [5.74, 6) is 0.902. The molecule has 1 aromatic heterocycles. The number of aromatic nitrogens is 1. The van der Waals surface area contributed by atoms with Gasteiger partial charge in [0.05, 0.1) is 0 Å². The summed E-state index contributed by atoms with van der Waals surface area (Å²) in [7, 11) is 3.29. The molecular formula is C11H16N2OS2. The van der Waals surface area contributed by atoms with E-state index < -0.39 is 0 Å². The van der Waals surface area contributed by atoms with E-state index in [-0.39, 0.29) is 5.92 Å². The molecule has 1 rings (SSSR count). The van der Waals surface area contributed by atoms with Gasteiger partial charge in [-0.25, -0.2) is 4.98 Å². The van der Waals surface area contributed by atoms with Crippen molar-refractivity contribution in [1.29, 1.82) is 0 Å². The highest BCUT2D eigenvalue weighted by Crippen LogP contribution is 2.30. The Morgan fingerprint density at radius 2 is 2.44 bits per heavy atom. The summed E-state index contributed by atoms with van der Waals surface area (Å²) < 4.78 is 0. The fourth-order valence-electron chi connectivity index (χ4n) is 1.05. The van der Waals surface area contributed by atoms with Crippen LogP contribution in [0.3, 0.4) is 0 Å². The van der Waals surface area contributed by atoms with Gasteiger partial charge >= 0.3 is 0 Å². The van der Waals surface area contributed by atoms with Gasteiger partial charge in [-0.15, -0.1) is 0 Å². The van der Waals surface area contributed by atoms with Crippen LogP contribution in [0.5, 0.6) is 0 Å². The average molecular weight is 256 g/mol. The second-order valence-electron chi connectivity index (χ2n) is 3.24. The standard InChI is InChI=1S/C11H16N2OS2/c1-2-12-7-10(8-14)9-15-16-11-5-3-4-6-13-11/h3-6,8,10,12H,2,7,9H2,1H3. The van der Waals surface area contributed by atoms with E-state index in [1.165, 1.54) is 0 Å². The van der Waals surface area contributed by atoms with Crippen molar-refractivity contribution in [1.82, 2.24) is 10.3 Å². The molecule has 3 nitrogen and oxygen atoms in total. The van der Waals surface area contributed by atoms with Crippen LogP contribution in [0.1, 0.15) is 6.92 Å². The Morgan fingerprint density at radius 3 is 3.06 bits per heavy atom. The van der Waals surface area contributed by atoms with Crippen LogP contribution < -0.4 is 5.32 Å². The number of rotatable bonds is 8. The smallest absolute Gasteiger partial charge is 0.125 e. The van der Waals surface area contributed by atoms with Crippen LogP contribution in [0, 0.1) is 5.92 Å². The zero-order valence-electron chi connectivity index (χ0n) is 9.26. The Kier molecular flexibility index (Phi) is 7.29. The van der Waals surface area contributed by atoms with Crippen LogP contribution in [0.4, 0.5) is 0 Å². The fraction of sp³-hybridized carbons (Fsp3) is 0.455. The lowest BCUT2D eigenvalue weighted by Gasteiger charge is -2.09. The van der Waals surface area contributed by atoms with Crippen molar-refractivity contribution in [2.75, 3.05) is 18.8 Å². The molecule has 1 atom stereocenters. The molecule has 1 unspecified atom stereocenters.